The summed E-state index contributed by atoms with van der Waals surface area (Å²) in [5.41, 5.74) is 4.30. The van der Waals surface area contributed by atoms with Gasteiger partial charge in [-0.1, -0.05) is 24.3 Å². The van der Waals surface area contributed by atoms with Gasteiger partial charge in [0.2, 0.25) is 0 Å². The van der Waals surface area contributed by atoms with Crippen LogP contribution in [-0.2, 0) is 13.1 Å². The molecular formula is C21H28N4OS. The zero-order valence-electron chi connectivity index (χ0n) is 16.7. The van der Waals surface area contributed by atoms with Crippen LogP contribution in [0.15, 0.2) is 52.4 Å². The number of nitrogens with zero attached hydrogens (tertiary/aromatic N) is 2. The number of amides is 1. The molecule has 2 N–H and O–H groups in total. The van der Waals surface area contributed by atoms with E-state index in [-0.39, 0.29) is 5.91 Å². The van der Waals surface area contributed by atoms with E-state index in [1.807, 2.05) is 24.3 Å². The van der Waals surface area contributed by atoms with Crippen LogP contribution in [0, 0.1) is 6.92 Å². The molecule has 1 amide bonds. The second-order valence-corrected chi connectivity index (χ2v) is 7.34. The molecule has 0 spiro atoms. The summed E-state index contributed by atoms with van der Waals surface area (Å²) in [6.07, 6.45) is 2.09. The van der Waals surface area contributed by atoms with Gasteiger partial charge in [0.15, 0.2) is 5.96 Å². The number of hydrogen-bond donors (Lipinski definition) is 2. The van der Waals surface area contributed by atoms with Crippen LogP contribution in [-0.4, -0.2) is 44.2 Å². The van der Waals surface area contributed by atoms with Gasteiger partial charge in [0.25, 0.3) is 5.91 Å². The minimum Gasteiger partial charge on any atom is -0.352 e. The number of nitrogens with one attached hydrogen (secondary N) is 2. The first-order valence-electron chi connectivity index (χ1n) is 8.83. The summed E-state index contributed by atoms with van der Waals surface area (Å²) in [5, 5.41) is 6.67. The van der Waals surface area contributed by atoms with Gasteiger partial charge in [0.05, 0.1) is 0 Å². The number of benzene rings is 2. The molecule has 27 heavy (non-hydrogen) atoms. The minimum atomic E-state index is 0.00896. The fraction of sp³-hybridized carbons (Fsp3) is 0.333. The van der Waals surface area contributed by atoms with Crippen molar-refractivity contribution in [2.24, 2.45) is 4.99 Å². The molecule has 0 saturated carbocycles. The molecule has 0 atom stereocenters. The van der Waals surface area contributed by atoms with Crippen molar-refractivity contribution in [1.82, 2.24) is 15.5 Å². The van der Waals surface area contributed by atoms with Crippen LogP contribution in [0.4, 0.5) is 0 Å². The first-order chi connectivity index (χ1) is 12.9. The summed E-state index contributed by atoms with van der Waals surface area (Å²) >= 11 is 1.75. The lowest BCUT2D eigenvalue weighted by atomic mass is 10.1. The zero-order chi connectivity index (χ0) is 19.8. The highest BCUT2D eigenvalue weighted by molar-refractivity contribution is 7.98. The second kappa shape index (κ2) is 10.0. The molecule has 0 unspecified atom stereocenters. The van der Waals surface area contributed by atoms with Gasteiger partial charge >= 0.3 is 0 Å². The van der Waals surface area contributed by atoms with E-state index in [4.69, 9.17) is 0 Å². The topological polar surface area (TPSA) is 56.7 Å². The minimum absolute atomic E-state index is 0.00896. The van der Waals surface area contributed by atoms with E-state index >= 15 is 0 Å². The Balaban J connectivity index is 1.91. The SMILES string of the molecule is CN=C(NCc1ccc(C(=O)N(C)C)cc1)NCc1ccc(C)cc1SC. The molecule has 0 fully saturated rings. The lowest BCUT2D eigenvalue weighted by Crippen LogP contribution is -2.36. The molecule has 0 heterocycles. The van der Waals surface area contributed by atoms with Crippen LogP contribution in [0.1, 0.15) is 27.0 Å². The third-order valence-corrected chi connectivity index (χ3v) is 5.00. The first kappa shape index (κ1) is 20.8. The van der Waals surface area contributed by atoms with Crippen molar-refractivity contribution in [3.63, 3.8) is 0 Å². The summed E-state index contributed by atoms with van der Waals surface area (Å²) in [6.45, 7) is 3.46. The predicted molar refractivity (Wildman–Crippen MR) is 114 cm³/mol. The van der Waals surface area contributed by atoms with Crippen molar-refractivity contribution in [3.05, 3.63) is 64.7 Å². The largest absolute Gasteiger partial charge is 0.352 e. The van der Waals surface area contributed by atoms with E-state index in [0.29, 0.717) is 18.7 Å². The van der Waals surface area contributed by atoms with Crippen LogP contribution >= 0.6 is 11.8 Å². The smallest absolute Gasteiger partial charge is 0.253 e. The number of aryl methyl sites for hydroxylation is 1. The van der Waals surface area contributed by atoms with Crippen molar-refractivity contribution in [2.45, 2.75) is 24.9 Å². The molecule has 2 rings (SSSR count). The standard InChI is InChI=1S/C21H28N4OS/c1-15-6-9-18(19(12-15)27-5)14-24-21(22-2)23-13-16-7-10-17(11-8-16)20(26)25(3)4/h6-12H,13-14H2,1-5H3,(H2,22,23,24). The first-order valence-corrected chi connectivity index (χ1v) is 10.1. The Morgan fingerprint density at radius 2 is 1.74 bits per heavy atom. The van der Waals surface area contributed by atoms with Gasteiger partial charge in [-0.3, -0.25) is 9.79 Å². The number of guanidine groups is 1. The zero-order valence-corrected chi connectivity index (χ0v) is 17.5. The summed E-state index contributed by atoms with van der Waals surface area (Å²) < 4.78 is 0. The Hall–Kier alpha value is -2.47. The van der Waals surface area contributed by atoms with Gasteiger partial charge in [0.1, 0.15) is 0 Å². The molecule has 0 aromatic heterocycles. The van der Waals surface area contributed by atoms with E-state index < -0.39 is 0 Å². The highest BCUT2D eigenvalue weighted by Crippen LogP contribution is 2.21. The lowest BCUT2D eigenvalue weighted by Gasteiger charge is -2.14. The van der Waals surface area contributed by atoms with Crippen molar-refractivity contribution in [2.75, 3.05) is 27.4 Å². The van der Waals surface area contributed by atoms with Gasteiger partial charge in [-0.2, -0.15) is 0 Å². The number of carbonyl (C=O) groups is 1. The van der Waals surface area contributed by atoms with E-state index in [2.05, 4.69) is 47.0 Å². The van der Waals surface area contributed by atoms with Crippen LogP contribution in [0.25, 0.3) is 0 Å². The Morgan fingerprint density at radius 3 is 2.33 bits per heavy atom. The van der Waals surface area contributed by atoms with Crippen LogP contribution in [0.3, 0.4) is 0 Å². The number of thioether (sulfide) groups is 1. The summed E-state index contributed by atoms with van der Waals surface area (Å²) in [7, 11) is 5.27. The average molecular weight is 385 g/mol. The van der Waals surface area contributed by atoms with Gasteiger partial charge < -0.3 is 15.5 Å². The monoisotopic (exact) mass is 384 g/mol. The Bertz CT molecular complexity index is 800. The fourth-order valence-electron chi connectivity index (χ4n) is 2.61. The highest BCUT2D eigenvalue weighted by atomic mass is 32.2. The molecule has 0 radical (unpaired) electrons. The summed E-state index contributed by atoms with van der Waals surface area (Å²) in [4.78, 5) is 19.1. The van der Waals surface area contributed by atoms with Crippen molar-refractivity contribution in [1.29, 1.82) is 0 Å². The molecule has 0 saturated heterocycles. The fourth-order valence-corrected chi connectivity index (χ4v) is 3.31. The molecule has 0 bridgehead atoms. The Kier molecular flexibility index (Phi) is 7.73. The van der Waals surface area contributed by atoms with E-state index in [1.54, 1.807) is 37.8 Å². The van der Waals surface area contributed by atoms with Gasteiger partial charge in [-0.05, 0) is 48.1 Å². The molecule has 0 aliphatic carbocycles. The number of carbonyl (C=O) groups excluding carboxylic acids is 1. The molecule has 144 valence electrons. The summed E-state index contributed by atoms with van der Waals surface area (Å²) in [6, 6.07) is 14.1. The van der Waals surface area contributed by atoms with Crippen molar-refractivity contribution in [3.8, 4) is 0 Å². The maximum absolute atomic E-state index is 11.9. The van der Waals surface area contributed by atoms with Crippen LogP contribution < -0.4 is 10.6 Å². The number of rotatable bonds is 6. The molecule has 5 nitrogen and oxygen atoms in total. The molecule has 2 aromatic rings. The molecular weight excluding hydrogens is 356 g/mol. The molecule has 0 aliphatic rings. The van der Waals surface area contributed by atoms with Gasteiger partial charge in [-0.25, -0.2) is 0 Å². The van der Waals surface area contributed by atoms with E-state index in [0.717, 1.165) is 11.5 Å². The van der Waals surface area contributed by atoms with E-state index in [9.17, 15) is 4.79 Å². The maximum Gasteiger partial charge on any atom is 0.253 e. The number of hydrogen-bond acceptors (Lipinski definition) is 3. The van der Waals surface area contributed by atoms with E-state index in [1.165, 1.54) is 16.0 Å². The van der Waals surface area contributed by atoms with Crippen molar-refractivity contribution < 1.29 is 4.79 Å². The molecule has 6 heteroatoms. The lowest BCUT2D eigenvalue weighted by molar-refractivity contribution is 0.0827. The Labute approximate surface area is 166 Å². The summed E-state index contributed by atoms with van der Waals surface area (Å²) in [5.74, 6) is 0.755. The third-order valence-electron chi connectivity index (χ3n) is 4.18. The predicted octanol–water partition coefficient (Wildman–Crippen LogP) is 3.28. The van der Waals surface area contributed by atoms with Crippen molar-refractivity contribution >= 4 is 23.6 Å². The van der Waals surface area contributed by atoms with Crippen LogP contribution in [0.5, 0.6) is 0 Å². The molecule has 2 aromatic carbocycles. The second-order valence-electron chi connectivity index (χ2n) is 6.49. The quantitative estimate of drug-likeness (QED) is 0.456. The third kappa shape index (κ3) is 6.03. The van der Waals surface area contributed by atoms with Gasteiger partial charge in [0, 0.05) is 44.7 Å². The molecule has 0 aliphatic heterocycles. The normalized spacial score (nSPS) is 11.2. The highest BCUT2D eigenvalue weighted by Gasteiger charge is 2.08. The van der Waals surface area contributed by atoms with Gasteiger partial charge in [-0.15, -0.1) is 11.8 Å². The average Bonchev–Trinajstić information content (AvgIpc) is 2.68. The Morgan fingerprint density at radius 1 is 1.07 bits per heavy atom. The van der Waals surface area contributed by atoms with Crippen LogP contribution in [0.2, 0.25) is 0 Å². The number of aliphatic imine (C=N–C) groups is 1. The maximum atomic E-state index is 11.9.